The van der Waals surface area contributed by atoms with Crippen molar-refractivity contribution in [3.8, 4) is 11.4 Å². The van der Waals surface area contributed by atoms with Gasteiger partial charge in [0.15, 0.2) is 5.11 Å². The molecule has 5 nitrogen and oxygen atoms in total. The van der Waals surface area contributed by atoms with Crippen LogP contribution in [0, 0.1) is 6.92 Å². The molecule has 0 bridgehead atoms. The fourth-order valence-electron chi connectivity index (χ4n) is 4.34. The Kier molecular flexibility index (Phi) is 5.37. The lowest BCUT2D eigenvalue weighted by Gasteiger charge is -2.29. The number of thiocarbonyl (C=S) groups is 1. The van der Waals surface area contributed by atoms with Gasteiger partial charge < -0.3 is 19.5 Å². The Hall–Kier alpha value is -3.64. The molecule has 1 saturated heterocycles. The van der Waals surface area contributed by atoms with Crippen molar-refractivity contribution in [2.24, 2.45) is 0 Å². The van der Waals surface area contributed by atoms with Gasteiger partial charge in [0.2, 0.25) is 0 Å². The van der Waals surface area contributed by atoms with Crippen molar-refractivity contribution in [2.45, 2.75) is 19.0 Å². The molecule has 0 unspecified atom stereocenters. The van der Waals surface area contributed by atoms with Gasteiger partial charge in [0.25, 0.3) is 0 Å². The van der Waals surface area contributed by atoms with Crippen LogP contribution in [0.3, 0.4) is 0 Å². The van der Waals surface area contributed by atoms with Crippen LogP contribution in [0.4, 0.5) is 5.69 Å². The molecule has 3 heterocycles. The van der Waals surface area contributed by atoms with Crippen LogP contribution >= 0.6 is 12.2 Å². The second-order valence-corrected chi connectivity index (χ2v) is 8.23. The average Bonchev–Trinajstić information content (AvgIpc) is 3.44. The highest BCUT2D eigenvalue weighted by Gasteiger charge is 2.42. The Morgan fingerprint density at radius 3 is 2.56 bits per heavy atom. The topological polar surface area (TPSA) is 42.3 Å². The van der Waals surface area contributed by atoms with Crippen LogP contribution < -0.4 is 15.0 Å². The van der Waals surface area contributed by atoms with E-state index in [2.05, 4.69) is 75.4 Å². The van der Waals surface area contributed by atoms with Gasteiger partial charge >= 0.3 is 0 Å². The fourth-order valence-corrected chi connectivity index (χ4v) is 4.69. The largest absolute Gasteiger partial charge is 0.497 e. The first kappa shape index (κ1) is 20.3. The van der Waals surface area contributed by atoms with Crippen molar-refractivity contribution in [1.29, 1.82) is 0 Å². The van der Waals surface area contributed by atoms with E-state index in [-0.39, 0.29) is 12.1 Å². The SMILES string of the molecule is COc1cccc(N2C(=S)N[C@@H](c3ccccn3)[C@@H]2c2cccn2-c2cccc(C)c2)c1. The Morgan fingerprint density at radius 1 is 0.938 bits per heavy atom. The summed E-state index contributed by atoms with van der Waals surface area (Å²) in [7, 11) is 1.68. The van der Waals surface area contributed by atoms with Crippen LogP contribution in [0.5, 0.6) is 5.75 Å². The number of hydrogen-bond acceptors (Lipinski definition) is 3. The van der Waals surface area contributed by atoms with E-state index in [9.17, 15) is 0 Å². The summed E-state index contributed by atoms with van der Waals surface area (Å²) < 4.78 is 7.72. The number of rotatable bonds is 5. The molecule has 6 heteroatoms. The minimum atomic E-state index is -0.103. The molecule has 1 fully saturated rings. The molecule has 0 spiro atoms. The van der Waals surface area contributed by atoms with E-state index in [1.54, 1.807) is 7.11 Å². The van der Waals surface area contributed by atoms with Crippen LogP contribution in [-0.4, -0.2) is 21.8 Å². The zero-order valence-electron chi connectivity index (χ0n) is 18.0. The third-order valence-electron chi connectivity index (χ3n) is 5.79. The molecule has 0 saturated carbocycles. The summed E-state index contributed by atoms with van der Waals surface area (Å²) in [6, 6.07) is 26.5. The maximum Gasteiger partial charge on any atom is 0.174 e. The monoisotopic (exact) mass is 440 g/mol. The second kappa shape index (κ2) is 8.48. The molecule has 0 aliphatic carbocycles. The zero-order chi connectivity index (χ0) is 22.1. The summed E-state index contributed by atoms with van der Waals surface area (Å²) in [5.74, 6) is 0.791. The van der Waals surface area contributed by atoms with Gasteiger partial charge in [-0.15, -0.1) is 0 Å². The molecule has 1 aliphatic rings. The summed E-state index contributed by atoms with van der Waals surface area (Å²) in [5, 5.41) is 4.19. The summed E-state index contributed by atoms with van der Waals surface area (Å²) in [4.78, 5) is 6.82. The van der Waals surface area contributed by atoms with Crippen LogP contribution in [0.25, 0.3) is 5.69 Å². The molecule has 2 aromatic carbocycles. The maximum atomic E-state index is 5.85. The van der Waals surface area contributed by atoms with Crippen molar-refractivity contribution in [1.82, 2.24) is 14.9 Å². The standard InChI is InChI=1S/C26H24N4OS/c1-18-8-5-9-19(16-18)29-15-7-13-23(29)25-24(22-12-3-4-14-27-22)28-26(32)30(25)20-10-6-11-21(17-20)31-2/h3-17,24-25H,1-2H3,(H,28,32)/t24-,25-/m0/s1. The highest BCUT2D eigenvalue weighted by Crippen LogP contribution is 2.42. The van der Waals surface area contributed by atoms with Gasteiger partial charge in [-0.05, 0) is 73.2 Å². The molecule has 0 amide bonds. The number of benzene rings is 2. The molecule has 32 heavy (non-hydrogen) atoms. The summed E-state index contributed by atoms with van der Waals surface area (Å²) in [6.07, 6.45) is 3.93. The molecule has 4 aromatic rings. The number of nitrogens with zero attached hydrogens (tertiary/aromatic N) is 3. The number of aromatic nitrogens is 2. The predicted molar refractivity (Wildman–Crippen MR) is 131 cm³/mol. The number of hydrogen-bond donors (Lipinski definition) is 1. The van der Waals surface area contributed by atoms with Crippen LogP contribution in [0.2, 0.25) is 0 Å². The van der Waals surface area contributed by atoms with Crippen LogP contribution in [-0.2, 0) is 0 Å². The van der Waals surface area contributed by atoms with Crippen molar-refractivity contribution in [2.75, 3.05) is 12.0 Å². The number of methoxy groups -OCH3 is 1. The minimum Gasteiger partial charge on any atom is -0.497 e. The van der Waals surface area contributed by atoms with Crippen molar-refractivity contribution in [3.63, 3.8) is 0 Å². The lowest BCUT2D eigenvalue weighted by Crippen LogP contribution is -2.30. The smallest absolute Gasteiger partial charge is 0.174 e. The van der Waals surface area contributed by atoms with Gasteiger partial charge in [-0.1, -0.05) is 24.3 Å². The molecular weight excluding hydrogens is 416 g/mol. The highest BCUT2D eigenvalue weighted by atomic mass is 32.1. The van der Waals surface area contributed by atoms with Crippen LogP contribution in [0.15, 0.2) is 91.3 Å². The zero-order valence-corrected chi connectivity index (χ0v) is 18.8. The Labute approximate surface area is 193 Å². The van der Waals surface area contributed by atoms with E-state index >= 15 is 0 Å². The molecule has 1 N–H and O–H groups in total. The third kappa shape index (κ3) is 3.63. The number of aryl methyl sites for hydroxylation is 1. The van der Waals surface area contributed by atoms with E-state index in [1.807, 2.05) is 42.6 Å². The predicted octanol–water partition coefficient (Wildman–Crippen LogP) is 5.37. The normalized spacial score (nSPS) is 17.9. The van der Waals surface area contributed by atoms with Crippen molar-refractivity contribution in [3.05, 3.63) is 108 Å². The Bertz CT molecular complexity index is 1250. The summed E-state index contributed by atoms with van der Waals surface area (Å²) in [6.45, 7) is 2.11. The van der Waals surface area contributed by atoms with Gasteiger partial charge in [-0.25, -0.2) is 0 Å². The lowest BCUT2D eigenvalue weighted by atomic mass is 10.0. The van der Waals surface area contributed by atoms with Crippen molar-refractivity contribution >= 4 is 23.0 Å². The molecule has 160 valence electrons. The third-order valence-corrected chi connectivity index (χ3v) is 6.11. The van der Waals surface area contributed by atoms with E-state index in [1.165, 1.54) is 5.56 Å². The quantitative estimate of drug-likeness (QED) is 0.423. The molecule has 5 rings (SSSR count). The molecule has 2 aromatic heterocycles. The number of ether oxygens (including phenoxy) is 1. The average molecular weight is 441 g/mol. The molecule has 0 radical (unpaired) electrons. The van der Waals surface area contributed by atoms with E-state index in [0.29, 0.717) is 5.11 Å². The number of nitrogens with one attached hydrogen (secondary N) is 1. The van der Waals surface area contributed by atoms with Crippen molar-refractivity contribution < 1.29 is 4.74 Å². The Morgan fingerprint density at radius 2 is 1.78 bits per heavy atom. The second-order valence-electron chi connectivity index (χ2n) is 7.84. The number of anilines is 1. The first-order valence-corrected chi connectivity index (χ1v) is 11.0. The summed E-state index contributed by atoms with van der Waals surface area (Å²) >= 11 is 5.85. The van der Waals surface area contributed by atoms with Gasteiger partial charge in [0, 0.05) is 35.5 Å². The maximum absolute atomic E-state index is 5.85. The lowest BCUT2D eigenvalue weighted by molar-refractivity contribution is 0.414. The minimum absolute atomic E-state index is 0.0972. The first-order chi connectivity index (χ1) is 15.7. The molecule has 1 aliphatic heterocycles. The molecular formula is C26H24N4OS. The number of pyridine rings is 1. The van der Waals surface area contributed by atoms with Crippen LogP contribution in [0.1, 0.15) is 29.0 Å². The van der Waals surface area contributed by atoms with Gasteiger partial charge in [0.05, 0.1) is 18.8 Å². The van der Waals surface area contributed by atoms with Gasteiger partial charge in [0.1, 0.15) is 11.8 Å². The molecule has 2 atom stereocenters. The van der Waals surface area contributed by atoms with Gasteiger partial charge in [-0.3, -0.25) is 4.98 Å². The van der Waals surface area contributed by atoms with E-state index < -0.39 is 0 Å². The van der Waals surface area contributed by atoms with E-state index in [0.717, 1.165) is 28.5 Å². The summed E-state index contributed by atoms with van der Waals surface area (Å²) in [5.41, 5.74) is 5.38. The van der Waals surface area contributed by atoms with Gasteiger partial charge in [-0.2, -0.15) is 0 Å². The Balaban J connectivity index is 1.67. The highest BCUT2D eigenvalue weighted by molar-refractivity contribution is 7.80. The van der Waals surface area contributed by atoms with E-state index in [4.69, 9.17) is 17.0 Å². The fraction of sp³-hybridized carbons (Fsp3) is 0.154. The first-order valence-electron chi connectivity index (χ1n) is 10.5.